The summed E-state index contributed by atoms with van der Waals surface area (Å²) in [5.41, 5.74) is 1.37. The summed E-state index contributed by atoms with van der Waals surface area (Å²) in [6, 6.07) is 1.01. The minimum atomic E-state index is -0.391. The van der Waals surface area contributed by atoms with Crippen LogP contribution < -0.4 is 5.56 Å². The molecule has 9 heteroatoms. The van der Waals surface area contributed by atoms with E-state index in [2.05, 4.69) is 24.9 Å². The maximum atomic E-state index is 12.6. The first kappa shape index (κ1) is 15.3. The third-order valence-electron chi connectivity index (χ3n) is 3.74. The van der Waals surface area contributed by atoms with Gasteiger partial charge in [-0.1, -0.05) is 10.3 Å². The smallest absolute Gasteiger partial charge is 0.251 e. The summed E-state index contributed by atoms with van der Waals surface area (Å²) in [5.74, 6) is 0.374. The van der Waals surface area contributed by atoms with Crippen molar-refractivity contribution in [3.05, 3.63) is 39.3 Å². The van der Waals surface area contributed by atoms with Crippen LogP contribution in [0.2, 0.25) is 0 Å². The Morgan fingerprint density at radius 1 is 1.43 bits per heavy atom. The summed E-state index contributed by atoms with van der Waals surface area (Å²) in [4.78, 5) is 32.9. The molecule has 122 valence electrons. The molecular weight excluding hydrogens is 302 g/mol. The van der Waals surface area contributed by atoms with Crippen molar-refractivity contribution in [1.29, 1.82) is 0 Å². The molecule has 2 aromatic heterocycles. The highest BCUT2D eigenvalue weighted by Gasteiger charge is 2.30. The van der Waals surface area contributed by atoms with E-state index >= 15 is 0 Å². The van der Waals surface area contributed by atoms with Crippen LogP contribution in [0.5, 0.6) is 0 Å². The van der Waals surface area contributed by atoms with E-state index in [9.17, 15) is 9.59 Å². The first-order chi connectivity index (χ1) is 11.0. The molecule has 1 atom stereocenters. The van der Waals surface area contributed by atoms with Gasteiger partial charge in [0.25, 0.3) is 5.56 Å². The van der Waals surface area contributed by atoms with Crippen LogP contribution in [0.15, 0.2) is 15.5 Å². The molecule has 1 fully saturated rings. The molecule has 1 aliphatic rings. The number of hydrogen-bond acceptors (Lipinski definition) is 7. The van der Waals surface area contributed by atoms with Crippen LogP contribution in [0, 0.1) is 13.8 Å². The zero-order valence-electron chi connectivity index (χ0n) is 12.9. The number of carbonyl (C=O) groups is 1. The number of nitrogens with one attached hydrogen (secondary N) is 1. The lowest BCUT2D eigenvalue weighted by Gasteiger charge is -2.35. The lowest BCUT2D eigenvalue weighted by Crippen LogP contribution is -2.44. The molecule has 0 aromatic carbocycles. The topological polar surface area (TPSA) is 114 Å². The first-order valence-corrected chi connectivity index (χ1v) is 7.27. The van der Waals surface area contributed by atoms with Crippen molar-refractivity contribution in [1.82, 2.24) is 25.2 Å². The Labute approximate surface area is 131 Å². The Bertz CT molecular complexity index is 769. The van der Waals surface area contributed by atoms with Crippen molar-refractivity contribution in [3.8, 4) is 0 Å². The maximum absolute atomic E-state index is 12.6. The van der Waals surface area contributed by atoms with E-state index in [1.54, 1.807) is 18.7 Å². The van der Waals surface area contributed by atoms with E-state index in [0.29, 0.717) is 42.7 Å². The molecule has 9 nitrogen and oxygen atoms in total. The number of aromatic amines is 1. The number of hydrogen-bond donors (Lipinski definition) is 1. The Morgan fingerprint density at radius 3 is 2.96 bits per heavy atom. The number of H-pyrrole nitrogens is 1. The molecule has 3 heterocycles. The molecule has 1 unspecified atom stereocenters. The van der Waals surface area contributed by atoms with Gasteiger partial charge < -0.3 is 14.6 Å². The number of carbonyl (C=O) groups excluding carboxylic acids is 1. The molecule has 1 saturated heterocycles. The van der Waals surface area contributed by atoms with Gasteiger partial charge in [-0.05, 0) is 13.8 Å². The fourth-order valence-corrected chi connectivity index (χ4v) is 2.58. The fraction of sp³-hybridized carbons (Fsp3) is 0.500. The molecule has 3 rings (SSSR count). The average Bonchev–Trinajstić information content (AvgIpc) is 2.91. The SMILES string of the molecule is Cc1nc(C2COCCN2C(=O)Cc2nonc2C)cc(=O)[nH]1. The van der Waals surface area contributed by atoms with Crippen LogP contribution in [-0.2, 0) is 16.0 Å². The van der Waals surface area contributed by atoms with Crippen LogP contribution in [0.4, 0.5) is 0 Å². The number of amides is 1. The van der Waals surface area contributed by atoms with Gasteiger partial charge in [0.2, 0.25) is 5.91 Å². The number of aryl methyl sites for hydroxylation is 2. The minimum Gasteiger partial charge on any atom is -0.377 e. The largest absolute Gasteiger partial charge is 0.377 e. The molecule has 0 spiro atoms. The molecule has 1 amide bonds. The molecule has 0 aliphatic carbocycles. The van der Waals surface area contributed by atoms with Crippen molar-refractivity contribution >= 4 is 5.91 Å². The van der Waals surface area contributed by atoms with Gasteiger partial charge in [-0.3, -0.25) is 9.59 Å². The van der Waals surface area contributed by atoms with Gasteiger partial charge >= 0.3 is 0 Å². The molecule has 0 saturated carbocycles. The zero-order valence-corrected chi connectivity index (χ0v) is 12.9. The number of nitrogens with zero attached hydrogens (tertiary/aromatic N) is 4. The van der Waals surface area contributed by atoms with E-state index in [0.717, 1.165) is 0 Å². The van der Waals surface area contributed by atoms with E-state index in [1.165, 1.54) is 6.07 Å². The zero-order chi connectivity index (χ0) is 16.4. The molecular formula is C14H17N5O4. The number of ether oxygens (including phenoxy) is 1. The molecule has 23 heavy (non-hydrogen) atoms. The van der Waals surface area contributed by atoms with Gasteiger partial charge in [0, 0.05) is 12.6 Å². The quantitative estimate of drug-likeness (QED) is 0.841. The monoisotopic (exact) mass is 319 g/mol. The predicted octanol–water partition coefficient (Wildman–Crippen LogP) is -0.0877. The Hall–Kier alpha value is -2.55. The lowest BCUT2D eigenvalue weighted by molar-refractivity contribution is -0.139. The second kappa shape index (κ2) is 6.29. The van der Waals surface area contributed by atoms with Crippen molar-refractivity contribution in [2.45, 2.75) is 26.3 Å². The van der Waals surface area contributed by atoms with Gasteiger partial charge in [0.15, 0.2) is 0 Å². The summed E-state index contributed by atoms with van der Waals surface area (Å²) in [6.07, 6.45) is 0.0913. The Balaban J connectivity index is 1.85. The summed E-state index contributed by atoms with van der Waals surface area (Å²) >= 11 is 0. The van der Waals surface area contributed by atoms with Gasteiger partial charge in [0.1, 0.15) is 17.2 Å². The Morgan fingerprint density at radius 2 is 2.26 bits per heavy atom. The Kier molecular flexibility index (Phi) is 4.20. The highest BCUT2D eigenvalue weighted by molar-refractivity contribution is 5.79. The highest BCUT2D eigenvalue weighted by Crippen LogP contribution is 2.23. The summed E-state index contributed by atoms with van der Waals surface area (Å²) < 4.78 is 10.1. The van der Waals surface area contributed by atoms with Crippen molar-refractivity contribution in [2.75, 3.05) is 19.8 Å². The average molecular weight is 319 g/mol. The number of rotatable bonds is 3. The maximum Gasteiger partial charge on any atom is 0.251 e. The normalized spacial score (nSPS) is 18.2. The lowest BCUT2D eigenvalue weighted by atomic mass is 10.1. The fourth-order valence-electron chi connectivity index (χ4n) is 2.58. The molecule has 1 N–H and O–H groups in total. The van der Waals surface area contributed by atoms with Gasteiger partial charge in [-0.15, -0.1) is 0 Å². The molecule has 0 radical (unpaired) electrons. The molecule has 1 aliphatic heterocycles. The molecule has 0 bridgehead atoms. The first-order valence-electron chi connectivity index (χ1n) is 7.27. The van der Waals surface area contributed by atoms with E-state index in [-0.39, 0.29) is 17.9 Å². The second-order valence-corrected chi connectivity index (χ2v) is 5.41. The van der Waals surface area contributed by atoms with E-state index in [4.69, 9.17) is 4.74 Å². The number of aromatic nitrogens is 4. The number of morpholine rings is 1. The van der Waals surface area contributed by atoms with E-state index in [1.807, 2.05) is 0 Å². The minimum absolute atomic E-state index is 0.0913. The van der Waals surface area contributed by atoms with Crippen LogP contribution in [0.25, 0.3) is 0 Å². The summed E-state index contributed by atoms with van der Waals surface area (Å²) in [5, 5.41) is 7.42. The predicted molar refractivity (Wildman–Crippen MR) is 77.6 cm³/mol. The van der Waals surface area contributed by atoms with Crippen LogP contribution in [-0.4, -0.2) is 50.8 Å². The van der Waals surface area contributed by atoms with Gasteiger partial charge in [-0.25, -0.2) is 9.61 Å². The van der Waals surface area contributed by atoms with Crippen LogP contribution in [0.1, 0.15) is 28.9 Å². The van der Waals surface area contributed by atoms with Gasteiger partial charge in [-0.2, -0.15) is 0 Å². The summed E-state index contributed by atoms with van der Waals surface area (Å²) in [7, 11) is 0. The van der Waals surface area contributed by atoms with Crippen molar-refractivity contribution < 1.29 is 14.2 Å². The second-order valence-electron chi connectivity index (χ2n) is 5.41. The van der Waals surface area contributed by atoms with Crippen LogP contribution >= 0.6 is 0 Å². The third kappa shape index (κ3) is 3.29. The van der Waals surface area contributed by atoms with Crippen molar-refractivity contribution in [2.24, 2.45) is 0 Å². The third-order valence-corrected chi connectivity index (χ3v) is 3.74. The molecule has 2 aromatic rings. The van der Waals surface area contributed by atoms with E-state index < -0.39 is 6.04 Å². The van der Waals surface area contributed by atoms with Gasteiger partial charge in [0.05, 0.1) is 31.4 Å². The van der Waals surface area contributed by atoms with Crippen LogP contribution in [0.3, 0.4) is 0 Å². The van der Waals surface area contributed by atoms with Crippen molar-refractivity contribution in [3.63, 3.8) is 0 Å². The summed E-state index contributed by atoms with van der Waals surface area (Å²) in [6.45, 7) is 4.61. The standard InChI is InChI=1S/C14H17N5O4/c1-8-10(18-23-17-8)6-14(21)19-3-4-22-7-12(19)11-5-13(20)16-9(2)15-11/h5,12H,3-4,6-7H2,1-2H3,(H,15,16,20). The highest BCUT2D eigenvalue weighted by atomic mass is 16.6.